The molecule has 5 aromatic rings. The van der Waals surface area contributed by atoms with E-state index in [9.17, 15) is 18.3 Å². The van der Waals surface area contributed by atoms with Crippen LogP contribution in [0.15, 0.2) is 95.3 Å². The Morgan fingerprint density at radius 3 is 2.25 bits per heavy atom. The number of aromatic nitrogens is 5. The quantitative estimate of drug-likeness (QED) is 0.161. The highest BCUT2D eigenvalue weighted by Crippen LogP contribution is 2.24. The van der Waals surface area contributed by atoms with Gasteiger partial charge in [0.05, 0.1) is 17.1 Å². The molecule has 0 spiro atoms. The van der Waals surface area contributed by atoms with Crippen molar-refractivity contribution in [1.29, 1.82) is 0 Å². The van der Waals surface area contributed by atoms with E-state index in [0.29, 0.717) is 28.5 Å². The van der Waals surface area contributed by atoms with Crippen molar-refractivity contribution in [3.05, 3.63) is 107 Å². The molecule has 252 valence electrons. The Labute approximate surface area is 279 Å². The summed E-state index contributed by atoms with van der Waals surface area (Å²) in [6, 6.07) is 19.5. The van der Waals surface area contributed by atoms with Crippen molar-refractivity contribution in [1.82, 2.24) is 29.2 Å². The minimum absolute atomic E-state index is 0.0666. The predicted octanol–water partition coefficient (Wildman–Crippen LogP) is 4.13. The zero-order valence-corrected chi connectivity index (χ0v) is 28.2. The summed E-state index contributed by atoms with van der Waals surface area (Å²) in [7, 11) is -1.87. The molecule has 0 saturated carbocycles. The SMILES string of the molecule is C=CCn1c(=O)c2cnc(Nc3ccc(N4CCN(C)CC4)cc3)nc2n1-c1cccc(C(C)(C)O)n1.Cc1ccc(S(=O)(=O)O)cc1. The van der Waals surface area contributed by atoms with Gasteiger partial charge in [-0.1, -0.05) is 29.8 Å². The summed E-state index contributed by atoms with van der Waals surface area (Å²) in [4.78, 5) is 31.5. The Kier molecular flexibility index (Phi) is 10.1. The second kappa shape index (κ2) is 14.1. The first kappa shape index (κ1) is 34.4. The lowest BCUT2D eigenvalue weighted by molar-refractivity contribution is 0.0738. The van der Waals surface area contributed by atoms with Gasteiger partial charge in [-0.25, -0.2) is 19.3 Å². The molecule has 1 saturated heterocycles. The van der Waals surface area contributed by atoms with E-state index < -0.39 is 15.7 Å². The number of aryl methyl sites for hydroxylation is 1. The van der Waals surface area contributed by atoms with Crippen molar-refractivity contribution >= 4 is 38.5 Å². The summed E-state index contributed by atoms with van der Waals surface area (Å²) in [6.45, 7) is 13.3. The van der Waals surface area contributed by atoms with Crippen LogP contribution < -0.4 is 15.8 Å². The van der Waals surface area contributed by atoms with E-state index in [1.807, 2.05) is 19.1 Å². The second-order valence-corrected chi connectivity index (χ2v) is 13.5. The molecular formula is C34H40N8O5S. The maximum Gasteiger partial charge on any atom is 0.294 e. The van der Waals surface area contributed by atoms with Gasteiger partial charge in [0.1, 0.15) is 11.0 Å². The van der Waals surface area contributed by atoms with Crippen LogP contribution in [0.2, 0.25) is 0 Å². The number of fused-ring (bicyclic) bond motifs is 1. The van der Waals surface area contributed by atoms with Gasteiger partial charge in [-0.3, -0.25) is 9.35 Å². The fraction of sp³-hybridized carbons (Fsp3) is 0.294. The van der Waals surface area contributed by atoms with Crippen molar-refractivity contribution in [3.8, 4) is 5.82 Å². The van der Waals surface area contributed by atoms with Crippen molar-refractivity contribution < 1.29 is 18.1 Å². The Morgan fingerprint density at radius 2 is 1.65 bits per heavy atom. The number of anilines is 3. The van der Waals surface area contributed by atoms with Gasteiger partial charge in [-0.05, 0) is 76.3 Å². The zero-order valence-electron chi connectivity index (χ0n) is 27.4. The summed E-state index contributed by atoms with van der Waals surface area (Å²) < 4.78 is 32.7. The number of allylic oxidation sites excluding steroid dienone is 1. The molecule has 0 unspecified atom stereocenters. The number of hydrogen-bond acceptors (Lipinski definition) is 10. The number of pyridine rings is 1. The molecule has 1 fully saturated rings. The van der Waals surface area contributed by atoms with E-state index in [4.69, 9.17) is 9.54 Å². The minimum Gasteiger partial charge on any atom is -0.384 e. The minimum atomic E-state index is -4.02. The van der Waals surface area contributed by atoms with E-state index in [2.05, 4.69) is 50.8 Å². The lowest BCUT2D eigenvalue weighted by Gasteiger charge is -2.34. The fourth-order valence-corrected chi connectivity index (χ4v) is 5.63. The van der Waals surface area contributed by atoms with Crippen LogP contribution in [0.25, 0.3) is 16.9 Å². The number of nitrogens with zero attached hydrogens (tertiary/aromatic N) is 7. The fourth-order valence-electron chi connectivity index (χ4n) is 5.15. The smallest absolute Gasteiger partial charge is 0.294 e. The number of piperazine rings is 1. The number of benzene rings is 2. The van der Waals surface area contributed by atoms with Gasteiger partial charge in [0.15, 0.2) is 11.5 Å². The van der Waals surface area contributed by atoms with Crippen molar-refractivity contribution in [3.63, 3.8) is 0 Å². The topological polar surface area (TPSA) is 159 Å². The number of hydrogen-bond donors (Lipinski definition) is 3. The third-order valence-electron chi connectivity index (χ3n) is 7.87. The predicted molar refractivity (Wildman–Crippen MR) is 187 cm³/mol. The van der Waals surface area contributed by atoms with Gasteiger partial charge < -0.3 is 20.2 Å². The van der Waals surface area contributed by atoms with Gasteiger partial charge in [0, 0.05) is 43.8 Å². The number of likely N-dealkylation sites (N-methyl/N-ethyl adjacent to an activating group) is 1. The summed E-state index contributed by atoms with van der Waals surface area (Å²) in [5.74, 6) is 0.831. The summed E-state index contributed by atoms with van der Waals surface area (Å²) in [6.07, 6.45) is 3.17. The normalized spacial score (nSPS) is 14.0. The summed E-state index contributed by atoms with van der Waals surface area (Å²) in [5.41, 5.74) is 2.50. The third-order valence-corrected chi connectivity index (χ3v) is 8.73. The average Bonchev–Trinajstić information content (AvgIpc) is 3.32. The Bertz CT molecular complexity index is 2060. The first-order valence-electron chi connectivity index (χ1n) is 15.4. The molecule has 0 bridgehead atoms. The van der Waals surface area contributed by atoms with Gasteiger partial charge in [0.2, 0.25) is 5.95 Å². The van der Waals surface area contributed by atoms with Crippen LogP contribution in [0.5, 0.6) is 0 Å². The van der Waals surface area contributed by atoms with Crippen LogP contribution in [0, 0.1) is 6.92 Å². The molecule has 1 aliphatic rings. The highest BCUT2D eigenvalue weighted by atomic mass is 32.2. The molecule has 0 amide bonds. The van der Waals surface area contributed by atoms with Gasteiger partial charge in [-0.15, -0.1) is 6.58 Å². The molecule has 0 radical (unpaired) electrons. The highest BCUT2D eigenvalue weighted by molar-refractivity contribution is 7.85. The highest BCUT2D eigenvalue weighted by Gasteiger charge is 2.22. The number of aliphatic hydroxyl groups is 1. The molecule has 3 aromatic heterocycles. The molecule has 13 nitrogen and oxygen atoms in total. The molecule has 3 N–H and O–H groups in total. The van der Waals surface area contributed by atoms with Crippen molar-refractivity contribution in [2.24, 2.45) is 0 Å². The standard InChI is InChI=1S/C27H32N8O2.C7H8O3S/c1-5-13-34-25(36)21-18-28-26(29-19-9-11-20(12-10-19)33-16-14-32(4)15-17-33)31-24(21)35(34)23-8-6-7-22(30-23)27(2,3)37;1-6-2-4-7(5-3-6)11(8,9)10/h5-12,18,37H,1,13-17H2,2-4H3,(H,28,29,31);2-5H,1H3,(H,8,9,10). The zero-order chi connectivity index (χ0) is 34.6. The molecule has 2 aromatic carbocycles. The van der Waals surface area contributed by atoms with Gasteiger partial charge >= 0.3 is 0 Å². The first-order valence-corrected chi connectivity index (χ1v) is 16.8. The number of rotatable bonds is 8. The van der Waals surface area contributed by atoms with Crippen LogP contribution in [-0.2, 0) is 22.3 Å². The first-order chi connectivity index (χ1) is 22.7. The summed E-state index contributed by atoms with van der Waals surface area (Å²) >= 11 is 0. The molecule has 14 heteroatoms. The molecule has 0 aliphatic carbocycles. The van der Waals surface area contributed by atoms with Gasteiger partial charge in [-0.2, -0.15) is 13.4 Å². The van der Waals surface area contributed by atoms with Crippen molar-refractivity contribution in [2.45, 2.75) is 37.8 Å². The van der Waals surface area contributed by atoms with Crippen LogP contribution >= 0.6 is 0 Å². The van der Waals surface area contributed by atoms with E-state index >= 15 is 0 Å². The summed E-state index contributed by atoms with van der Waals surface area (Å²) in [5, 5.41) is 14.1. The van der Waals surface area contributed by atoms with Crippen LogP contribution in [0.4, 0.5) is 17.3 Å². The lowest BCUT2D eigenvalue weighted by atomic mass is 10.1. The second-order valence-electron chi connectivity index (χ2n) is 12.1. The van der Waals surface area contributed by atoms with E-state index in [-0.39, 0.29) is 17.0 Å². The maximum atomic E-state index is 13.2. The Balaban J connectivity index is 0.000000349. The third kappa shape index (κ3) is 7.97. The molecule has 6 rings (SSSR count). The largest absolute Gasteiger partial charge is 0.384 e. The molecule has 4 heterocycles. The van der Waals surface area contributed by atoms with Crippen molar-refractivity contribution in [2.75, 3.05) is 43.4 Å². The molecular weight excluding hydrogens is 632 g/mol. The average molecular weight is 673 g/mol. The molecule has 48 heavy (non-hydrogen) atoms. The van der Waals surface area contributed by atoms with E-state index in [1.54, 1.807) is 54.9 Å². The Hall–Kier alpha value is -4.89. The maximum absolute atomic E-state index is 13.2. The number of nitrogens with one attached hydrogen (secondary N) is 1. The lowest BCUT2D eigenvalue weighted by Crippen LogP contribution is -2.44. The monoisotopic (exact) mass is 672 g/mol. The van der Waals surface area contributed by atoms with Crippen LogP contribution in [-0.4, -0.2) is 80.5 Å². The van der Waals surface area contributed by atoms with Gasteiger partial charge in [0.25, 0.3) is 15.7 Å². The van der Waals surface area contributed by atoms with Crippen LogP contribution in [0.3, 0.4) is 0 Å². The molecule has 1 aliphatic heterocycles. The Morgan fingerprint density at radius 1 is 0.979 bits per heavy atom. The van der Waals surface area contributed by atoms with Crippen LogP contribution in [0.1, 0.15) is 25.1 Å². The molecule has 0 atom stereocenters. The van der Waals surface area contributed by atoms with E-state index in [0.717, 1.165) is 37.4 Å². The van der Waals surface area contributed by atoms with E-state index in [1.165, 1.54) is 28.7 Å².